The van der Waals surface area contributed by atoms with Gasteiger partial charge in [-0.1, -0.05) is 70.6 Å². The smallest absolute Gasteiger partial charge is 0.0214 e. The molecule has 0 aromatic heterocycles. The van der Waals surface area contributed by atoms with Gasteiger partial charge in [0, 0.05) is 5.54 Å². The third kappa shape index (κ3) is 4.50. The molecule has 3 saturated carbocycles. The highest BCUT2D eigenvalue weighted by Crippen LogP contribution is 2.46. The van der Waals surface area contributed by atoms with Crippen LogP contribution in [0.4, 0.5) is 0 Å². The van der Waals surface area contributed by atoms with E-state index in [0.717, 1.165) is 17.8 Å². The minimum Gasteiger partial charge on any atom is -0.325 e. The minimum absolute atomic E-state index is 0. The highest BCUT2D eigenvalue weighted by atomic mass is 79.9. The molecule has 0 saturated heterocycles. The Morgan fingerprint density at radius 1 is 0.591 bits per heavy atom. The molecule has 3 fully saturated rings. The van der Waals surface area contributed by atoms with E-state index in [1.165, 1.54) is 103 Å². The van der Waals surface area contributed by atoms with Crippen LogP contribution in [0, 0.1) is 17.8 Å². The molecule has 0 aromatic carbocycles. The van der Waals surface area contributed by atoms with Crippen LogP contribution >= 0.6 is 17.0 Å². The molecule has 2 N–H and O–H groups in total. The molecule has 3 rings (SSSR count). The third-order valence-electron chi connectivity index (χ3n) is 7.10. The number of halogens is 1. The molecule has 0 aromatic rings. The van der Waals surface area contributed by atoms with Crippen LogP contribution in [0.1, 0.15) is 103 Å². The van der Waals surface area contributed by atoms with E-state index < -0.39 is 0 Å². The van der Waals surface area contributed by atoms with Gasteiger partial charge >= 0.3 is 0 Å². The number of hydrogen-bond donors (Lipinski definition) is 1. The van der Waals surface area contributed by atoms with E-state index in [1.54, 1.807) is 0 Å². The number of hydrogen-bond acceptors (Lipinski definition) is 1. The monoisotopic (exact) mass is 371 g/mol. The van der Waals surface area contributed by atoms with Crippen LogP contribution in [0.2, 0.25) is 0 Å². The Morgan fingerprint density at radius 2 is 0.955 bits per heavy atom. The zero-order chi connectivity index (χ0) is 14.5. The van der Waals surface area contributed by atoms with Crippen molar-refractivity contribution in [2.75, 3.05) is 0 Å². The predicted molar refractivity (Wildman–Crippen MR) is 102 cm³/mol. The zero-order valence-corrected chi connectivity index (χ0v) is 16.2. The van der Waals surface area contributed by atoms with Gasteiger partial charge < -0.3 is 5.73 Å². The van der Waals surface area contributed by atoms with Crippen LogP contribution in [-0.2, 0) is 0 Å². The largest absolute Gasteiger partial charge is 0.325 e. The summed E-state index contributed by atoms with van der Waals surface area (Å²) in [7, 11) is 0. The fourth-order valence-corrected chi connectivity index (χ4v) is 5.84. The van der Waals surface area contributed by atoms with Gasteiger partial charge in [-0.05, 0) is 49.9 Å². The molecular formula is C20H38BrN. The van der Waals surface area contributed by atoms with Crippen molar-refractivity contribution >= 4 is 17.0 Å². The second-order valence-electron chi connectivity index (χ2n) is 8.49. The second kappa shape index (κ2) is 9.06. The van der Waals surface area contributed by atoms with Crippen molar-refractivity contribution in [2.45, 2.75) is 108 Å². The van der Waals surface area contributed by atoms with Crippen molar-refractivity contribution in [2.24, 2.45) is 23.5 Å². The number of rotatable bonds is 4. The van der Waals surface area contributed by atoms with E-state index in [2.05, 4.69) is 0 Å². The molecule has 0 spiro atoms. The highest BCUT2D eigenvalue weighted by Gasteiger charge is 2.43. The zero-order valence-electron chi connectivity index (χ0n) is 14.5. The average Bonchev–Trinajstić information content (AvgIpc) is 2.57. The van der Waals surface area contributed by atoms with Crippen molar-refractivity contribution in [3.63, 3.8) is 0 Å². The molecule has 3 aliphatic rings. The van der Waals surface area contributed by atoms with Gasteiger partial charge in [-0.25, -0.2) is 0 Å². The lowest BCUT2D eigenvalue weighted by atomic mass is 9.61. The normalized spacial score (nSPS) is 26.6. The molecule has 3 aliphatic carbocycles. The standard InChI is InChI=1S/C20H37N.BrH/c21-20(18-12-6-2-7-13-18,19-14-8-3-9-15-19)16-17-10-4-1-5-11-17;/h17-19H,1-16,21H2;1H. The Morgan fingerprint density at radius 3 is 1.36 bits per heavy atom. The Balaban J connectivity index is 0.00000176. The maximum Gasteiger partial charge on any atom is 0.0214 e. The first-order valence-electron chi connectivity index (χ1n) is 10.1. The molecule has 22 heavy (non-hydrogen) atoms. The third-order valence-corrected chi connectivity index (χ3v) is 7.10. The van der Waals surface area contributed by atoms with Crippen LogP contribution in [0.15, 0.2) is 0 Å². The summed E-state index contributed by atoms with van der Waals surface area (Å²) in [6.07, 6.45) is 23.1. The van der Waals surface area contributed by atoms with E-state index in [4.69, 9.17) is 5.73 Å². The van der Waals surface area contributed by atoms with Gasteiger partial charge in [0.2, 0.25) is 0 Å². The van der Waals surface area contributed by atoms with Gasteiger partial charge in [-0.2, -0.15) is 0 Å². The Kier molecular flexibility index (Phi) is 7.73. The summed E-state index contributed by atoms with van der Waals surface area (Å²) in [6, 6.07) is 0. The van der Waals surface area contributed by atoms with Gasteiger partial charge in [-0.3, -0.25) is 0 Å². The average molecular weight is 372 g/mol. The molecule has 0 aliphatic heterocycles. The van der Waals surface area contributed by atoms with E-state index in [1.807, 2.05) is 0 Å². The van der Waals surface area contributed by atoms with Crippen molar-refractivity contribution in [3.05, 3.63) is 0 Å². The van der Waals surface area contributed by atoms with Crippen LogP contribution in [0.25, 0.3) is 0 Å². The Hall–Kier alpha value is 0.440. The molecule has 1 nitrogen and oxygen atoms in total. The van der Waals surface area contributed by atoms with Crippen molar-refractivity contribution in [1.29, 1.82) is 0 Å². The molecule has 0 atom stereocenters. The number of nitrogens with two attached hydrogens (primary N) is 1. The Labute approximate surface area is 149 Å². The van der Waals surface area contributed by atoms with E-state index >= 15 is 0 Å². The summed E-state index contributed by atoms with van der Waals surface area (Å²) in [4.78, 5) is 0. The van der Waals surface area contributed by atoms with Crippen LogP contribution in [-0.4, -0.2) is 5.54 Å². The first-order valence-corrected chi connectivity index (χ1v) is 10.1. The molecular weight excluding hydrogens is 334 g/mol. The van der Waals surface area contributed by atoms with Crippen molar-refractivity contribution in [3.8, 4) is 0 Å². The summed E-state index contributed by atoms with van der Waals surface area (Å²) < 4.78 is 0. The first kappa shape index (κ1) is 18.8. The van der Waals surface area contributed by atoms with Gasteiger partial charge in [0.15, 0.2) is 0 Å². The summed E-state index contributed by atoms with van der Waals surface area (Å²) in [5, 5.41) is 0. The molecule has 0 heterocycles. The lowest BCUT2D eigenvalue weighted by molar-refractivity contribution is 0.0730. The van der Waals surface area contributed by atoms with Gasteiger partial charge in [0.1, 0.15) is 0 Å². The molecule has 130 valence electrons. The predicted octanol–water partition coefficient (Wildman–Crippen LogP) is 6.39. The molecule has 0 radical (unpaired) electrons. The highest BCUT2D eigenvalue weighted by molar-refractivity contribution is 8.93. The fraction of sp³-hybridized carbons (Fsp3) is 1.00. The topological polar surface area (TPSA) is 26.0 Å². The first-order chi connectivity index (χ1) is 10.3. The molecule has 0 bridgehead atoms. The lowest BCUT2D eigenvalue weighted by Gasteiger charge is -2.49. The van der Waals surface area contributed by atoms with Gasteiger partial charge in [0.25, 0.3) is 0 Å². The van der Waals surface area contributed by atoms with Crippen molar-refractivity contribution in [1.82, 2.24) is 0 Å². The van der Waals surface area contributed by atoms with E-state index in [0.29, 0.717) is 0 Å². The summed E-state index contributed by atoms with van der Waals surface area (Å²) >= 11 is 0. The molecule has 0 amide bonds. The maximum absolute atomic E-state index is 7.28. The lowest BCUT2D eigenvalue weighted by Crippen LogP contribution is -2.55. The minimum atomic E-state index is 0. The van der Waals surface area contributed by atoms with Crippen LogP contribution < -0.4 is 5.73 Å². The Bertz CT molecular complexity index is 281. The van der Waals surface area contributed by atoms with Crippen LogP contribution in [0.5, 0.6) is 0 Å². The quantitative estimate of drug-likeness (QED) is 0.608. The summed E-state index contributed by atoms with van der Waals surface area (Å²) in [5.41, 5.74) is 7.48. The maximum atomic E-state index is 7.28. The molecule has 2 heteroatoms. The van der Waals surface area contributed by atoms with Gasteiger partial charge in [-0.15, -0.1) is 17.0 Å². The van der Waals surface area contributed by atoms with Gasteiger partial charge in [0.05, 0.1) is 0 Å². The van der Waals surface area contributed by atoms with Crippen LogP contribution in [0.3, 0.4) is 0 Å². The molecule has 0 unspecified atom stereocenters. The second-order valence-corrected chi connectivity index (χ2v) is 8.49. The van der Waals surface area contributed by atoms with Crippen molar-refractivity contribution < 1.29 is 0 Å². The van der Waals surface area contributed by atoms with E-state index in [9.17, 15) is 0 Å². The summed E-state index contributed by atoms with van der Waals surface area (Å²) in [5.74, 6) is 2.64. The SMILES string of the molecule is Br.NC(CC1CCCCC1)(C1CCCCC1)C1CCCCC1. The summed E-state index contributed by atoms with van der Waals surface area (Å²) in [6.45, 7) is 0. The fourth-order valence-electron chi connectivity index (χ4n) is 5.84. The van der Waals surface area contributed by atoms with E-state index in [-0.39, 0.29) is 22.5 Å².